The van der Waals surface area contributed by atoms with Gasteiger partial charge < -0.3 is 9.84 Å². The molecule has 0 aliphatic carbocycles. The van der Waals surface area contributed by atoms with E-state index in [1.54, 1.807) is 24.3 Å². The van der Waals surface area contributed by atoms with Crippen LogP contribution in [0, 0.1) is 0 Å². The van der Waals surface area contributed by atoms with Gasteiger partial charge in [-0.2, -0.15) is 13.2 Å². The number of ether oxygens (including phenoxy) is 1. The zero-order valence-corrected chi connectivity index (χ0v) is 15.3. The summed E-state index contributed by atoms with van der Waals surface area (Å²) in [5, 5.41) is 11.5. The Morgan fingerprint density at radius 3 is 2.44 bits per heavy atom. The molecule has 0 amide bonds. The Labute approximate surface area is 159 Å². The van der Waals surface area contributed by atoms with Gasteiger partial charge in [0.1, 0.15) is 5.75 Å². The van der Waals surface area contributed by atoms with Gasteiger partial charge in [-0.05, 0) is 29.8 Å². The van der Waals surface area contributed by atoms with E-state index in [0.717, 1.165) is 6.20 Å². The highest BCUT2D eigenvalue weighted by Crippen LogP contribution is 2.50. The van der Waals surface area contributed by atoms with Gasteiger partial charge in [0.15, 0.2) is 5.60 Å². The fraction of sp³-hybridized carbons (Fsp3) is 0.250. The van der Waals surface area contributed by atoms with Gasteiger partial charge in [0, 0.05) is 28.1 Å². The van der Waals surface area contributed by atoms with E-state index in [9.17, 15) is 18.3 Å². The fourth-order valence-corrected chi connectivity index (χ4v) is 3.48. The number of methoxy groups -OCH3 is 1. The molecule has 2 aromatic carbocycles. The first-order valence-corrected chi connectivity index (χ1v) is 8.54. The highest BCUT2D eigenvalue weighted by Gasteiger charge is 2.59. The molecule has 0 aliphatic heterocycles. The number of nitrogens with zero attached hydrogens (tertiary/aromatic N) is 1. The summed E-state index contributed by atoms with van der Waals surface area (Å²) >= 11 is 6.17. The maximum Gasteiger partial charge on any atom is 0.422 e. The Hall–Kier alpha value is -2.31. The molecule has 1 heterocycles. The van der Waals surface area contributed by atoms with Crippen molar-refractivity contribution in [2.45, 2.75) is 24.6 Å². The van der Waals surface area contributed by atoms with E-state index in [4.69, 9.17) is 16.3 Å². The molecule has 3 nitrogen and oxygen atoms in total. The predicted molar refractivity (Wildman–Crippen MR) is 98.1 cm³/mol. The van der Waals surface area contributed by atoms with E-state index in [2.05, 4.69) is 4.98 Å². The lowest BCUT2D eigenvalue weighted by Crippen LogP contribution is -2.46. The minimum atomic E-state index is -4.94. The maximum atomic E-state index is 14.1. The lowest BCUT2D eigenvalue weighted by Gasteiger charge is -2.36. The van der Waals surface area contributed by atoms with Crippen LogP contribution < -0.4 is 4.74 Å². The van der Waals surface area contributed by atoms with Crippen LogP contribution >= 0.6 is 11.6 Å². The van der Waals surface area contributed by atoms with Crippen molar-refractivity contribution < 1.29 is 23.0 Å². The monoisotopic (exact) mass is 395 g/mol. The molecule has 0 radical (unpaired) electrons. The molecule has 2 atom stereocenters. The molecule has 2 unspecified atom stereocenters. The summed E-state index contributed by atoms with van der Waals surface area (Å²) in [4.78, 5) is 4.07. The summed E-state index contributed by atoms with van der Waals surface area (Å²) in [6, 6.07) is 12.4. The molecule has 1 aromatic heterocycles. The number of pyridine rings is 1. The highest BCUT2D eigenvalue weighted by atomic mass is 35.5. The largest absolute Gasteiger partial charge is 0.497 e. The number of para-hydroxylation sites is 1. The molecule has 3 aromatic rings. The Kier molecular flexibility index (Phi) is 5.06. The number of halogens is 4. The first-order chi connectivity index (χ1) is 12.7. The molecule has 142 valence electrons. The molecular weight excluding hydrogens is 379 g/mol. The van der Waals surface area contributed by atoms with Crippen LogP contribution in [0.3, 0.4) is 0 Å². The van der Waals surface area contributed by atoms with E-state index in [1.165, 1.54) is 38.3 Å². The second kappa shape index (κ2) is 7.02. The lowest BCUT2D eigenvalue weighted by atomic mass is 9.78. The van der Waals surface area contributed by atoms with E-state index < -0.39 is 17.7 Å². The van der Waals surface area contributed by atoms with Crippen molar-refractivity contribution in [1.29, 1.82) is 0 Å². The molecule has 0 spiro atoms. The van der Waals surface area contributed by atoms with Crippen molar-refractivity contribution in [1.82, 2.24) is 4.98 Å². The summed E-state index contributed by atoms with van der Waals surface area (Å²) in [5.41, 5.74) is -2.80. The van der Waals surface area contributed by atoms with Crippen LogP contribution in [0.15, 0.2) is 54.7 Å². The number of hydrogen-bond donors (Lipinski definition) is 1. The molecule has 0 saturated carbocycles. The first-order valence-electron chi connectivity index (χ1n) is 8.16. The Balaban J connectivity index is 2.17. The summed E-state index contributed by atoms with van der Waals surface area (Å²) in [5.74, 6) is -0.960. The summed E-state index contributed by atoms with van der Waals surface area (Å²) in [6.07, 6.45) is -3.89. The summed E-state index contributed by atoms with van der Waals surface area (Å²) < 4.78 is 47.2. The third-order valence-corrected chi connectivity index (χ3v) is 5.09. The van der Waals surface area contributed by atoms with Crippen molar-refractivity contribution in [3.8, 4) is 5.75 Å². The second-order valence-corrected chi connectivity index (χ2v) is 6.70. The Morgan fingerprint density at radius 2 is 1.81 bits per heavy atom. The SMILES string of the molecule is COc1ccc(C(C)C(O)(c2cnc3ccccc3c2)C(F)(F)F)c(Cl)c1. The quantitative estimate of drug-likeness (QED) is 0.638. The zero-order valence-electron chi connectivity index (χ0n) is 14.6. The number of aromatic nitrogens is 1. The number of rotatable bonds is 4. The van der Waals surface area contributed by atoms with Crippen LogP contribution in [-0.2, 0) is 5.60 Å². The molecule has 0 saturated heterocycles. The Morgan fingerprint density at radius 1 is 1.11 bits per heavy atom. The molecule has 7 heteroatoms. The smallest absolute Gasteiger partial charge is 0.422 e. The van der Waals surface area contributed by atoms with Gasteiger partial charge in [0.2, 0.25) is 0 Å². The average Bonchev–Trinajstić information content (AvgIpc) is 2.65. The predicted octanol–water partition coefficient (Wildman–Crippen LogP) is 5.45. The molecule has 0 fully saturated rings. The van der Waals surface area contributed by atoms with Crippen molar-refractivity contribution in [3.05, 3.63) is 70.9 Å². The minimum Gasteiger partial charge on any atom is -0.497 e. The zero-order chi connectivity index (χ0) is 19.8. The van der Waals surface area contributed by atoms with Crippen LogP contribution in [0.5, 0.6) is 5.75 Å². The van der Waals surface area contributed by atoms with Crippen molar-refractivity contribution in [2.75, 3.05) is 7.11 Å². The first kappa shape index (κ1) is 19.5. The fourth-order valence-electron chi connectivity index (χ4n) is 3.15. The molecular formula is C20H17ClF3NO2. The van der Waals surface area contributed by atoms with Gasteiger partial charge >= 0.3 is 6.18 Å². The van der Waals surface area contributed by atoms with Crippen molar-refractivity contribution in [3.63, 3.8) is 0 Å². The van der Waals surface area contributed by atoms with Gasteiger partial charge in [-0.1, -0.05) is 42.8 Å². The van der Waals surface area contributed by atoms with Gasteiger partial charge in [-0.3, -0.25) is 4.98 Å². The standard InChI is InChI=1S/C20H17ClF3NO2/c1-12(16-8-7-15(27-2)10-17(16)21)19(26,20(22,23)24)14-9-13-5-3-4-6-18(13)25-11-14/h3-12,26H,1-2H3. The number of benzene rings is 2. The van der Waals surface area contributed by atoms with Gasteiger partial charge in [-0.25, -0.2) is 0 Å². The normalized spacial score (nSPS) is 15.4. The average molecular weight is 396 g/mol. The number of hydrogen-bond acceptors (Lipinski definition) is 3. The molecule has 0 aliphatic rings. The number of fused-ring (bicyclic) bond motifs is 1. The summed E-state index contributed by atoms with van der Waals surface area (Å²) in [6.45, 7) is 1.29. The second-order valence-electron chi connectivity index (χ2n) is 6.29. The van der Waals surface area contributed by atoms with Crippen LogP contribution in [0.2, 0.25) is 5.02 Å². The van der Waals surface area contributed by atoms with E-state index in [1.807, 2.05) is 0 Å². The molecule has 1 N–H and O–H groups in total. The van der Waals surface area contributed by atoms with E-state index in [0.29, 0.717) is 16.7 Å². The van der Waals surface area contributed by atoms with Crippen LogP contribution in [0.1, 0.15) is 24.0 Å². The number of aliphatic hydroxyl groups is 1. The third kappa shape index (κ3) is 3.35. The van der Waals surface area contributed by atoms with Gasteiger partial charge in [0.25, 0.3) is 0 Å². The van der Waals surface area contributed by atoms with Crippen molar-refractivity contribution in [2.24, 2.45) is 0 Å². The maximum absolute atomic E-state index is 14.1. The van der Waals surface area contributed by atoms with Gasteiger partial charge in [0.05, 0.1) is 12.6 Å². The third-order valence-electron chi connectivity index (χ3n) is 4.76. The lowest BCUT2D eigenvalue weighted by molar-refractivity contribution is -0.274. The topological polar surface area (TPSA) is 42.4 Å². The molecule has 27 heavy (non-hydrogen) atoms. The molecule has 3 rings (SSSR count). The summed E-state index contributed by atoms with van der Waals surface area (Å²) in [7, 11) is 1.43. The van der Waals surface area contributed by atoms with Crippen molar-refractivity contribution >= 4 is 22.5 Å². The van der Waals surface area contributed by atoms with E-state index >= 15 is 0 Å². The highest BCUT2D eigenvalue weighted by molar-refractivity contribution is 6.31. The Bertz CT molecular complexity index is 977. The van der Waals surface area contributed by atoms with Crippen LogP contribution in [0.4, 0.5) is 13.2 Å². The molecule has 0 bridgehead atoms. The number of alkyl halides is 3. The van der Waals surface area contributed by atoms with Gasteiger partial charge in [-0.15, -0.1) is 0 Å². The van der Waals surface area contributed by atoms with E-state index in [-0.39, 0.29) is 16.1 Å². The minimum absolute atomic E-state index is 0.0817. The van der Waals surface area contributed by atoms with Crippen LogP contribution in [0.25, 0.3) is 10.9 Å². The van der Waals surface area contributed by atoms with Crippen LogP contribution in [-0.4, -0.2) is 23.4 Å².